The normalized spacial score (nSPS) is 9.80. The highest BCUT2D eigenvalue weighted by Crippen LogP contribution is 2.28. The smallest absolute Gasteiger partial charge is 0.311 e. The van der Waals surface area contributed by atoms with E-state index in [-0.39, 0.29) is 28.8 Å². The highest BCUT2D eigenvalue weighted by Gasteiger charge is 2.18. The van der Waals surface area contributed by atoms with Crippen molar-refractivity contribution in [1.29, 1.82) is 5.26 Å². The molecule has 0 atom stereocenters. The zero-order valence-electron chi connectivity index (χ0n) is 10.2. The first-order chi connectivity index (χ1) is 9.52. The van der Waals surface area contributed by atoms with E-state index in [1.807, 2.05) is 0 Å². The van der Waals surface area contributed by atoms with Gasteiger partial charge in [0.25, 0.3) is 0 Å². The van der Waals surface area contributed by atoms with Crippen LogP contribution in [-0.2, 0) is 0 Å². The molecule has 0 aliphatic carbocycles. The summed E-state index contributed by atoms with van der Waals surface area (Å²) in [6.07, 6.45) is 3.58. The number of nitrogens with one attached hydrogen (secondary N) is 1. The third-order valence-corrected chi connectivity index (χ3v) is 2.42. The fourth-order valence-electron chi connectivity index (χ4n) is 1.48. The van der Waals surface area contributed by atoms with Gasteiger partial charge in [0, 0.05) is 6.20 Å². The summed E-state index contributed by atoms with van der Waals surface area (Å²) in [4.78, 5) is 21.6. The Bertz CT molecular complexity index is 725. The second-order valence-corrected chi connectivity index (χ2v) is 3.77. The maximum atomic E-state index is 10.9. The molecule has 2 heterocycles. The maximum absolute atomic E-state index is 10.9. The van der Waals surface area contributed by atoms with Crippen molar-refractivity contribution in [3.8, 4) is 11.8 Å². The van der Waals surface area contributed by atoms with Gasteiger partial charge >= 0.3 is 5.69 Å². The third kappa shape index (κ3) is 2.44. The van der Waals surface area contributed by atoms with Gasteiger partial charge in [-0.25, -0.2) is 4.98 Å². The molecule has 0 saturated carbocycles. The lowest BCUT2D eigenvalue weighted by Gasteiger charge is -2.08. The lowest BCUT2D eigenvalue weighted by Crippen LogP contribution is -2.03. The Hall–Kier alpha value is -3.28. The topological polar surface area (TPSA) is 138 Å². The summed E-state index contributed by atoms with van der Waals surface area (Å²) in [6.45, 7) is 1.63. The van der Waals surface area contributed by atoms with Crippen molar-refractivity contribution in [3.05, 3.63) is 40.0 Å². The van der Waals surface area contributed by atoms with E-state index in [9.17, 15) is 15.2 Å². The lowest BCUT2D eigenvalue weighted by atomic mass is 10.2. The molecule has 100 valence electrons. The number of hydrogen-bond acceptors (Lipinski definition) is 8. The first kappa shape index (κ1) is 13.2. The number of aryl methyl sites for hydroxylation is 1. The van der Waals surface area contributed by atoms with Crippen LogP contribution in [0.15, 0.2) is 18.6 Å². The van der Waals surface area contributed by atoms with Crippen LogP contribution in [0.25, 0.3) is 0 Å². The van der Waals surface area contributed by atoms with Crippen LogP contribution in [0.1, 0.15) is 11.3 Å². The molecule has 0 amide bonds. The summed E-state index contributed by atoms with van der Waals surface area (Å²) in [5.74, 6) is -0.393. The molecule has 20 heavy (non-hydrogen) atoms. The van der Waals surface area contributed by atoms with Gasteiger partial charge in [0.2, 0.25) is 5.95 Å². The molecule has 0 bridgehead atoms. The van der Waals surface area contributed by atoms with Gasteiger partial charge in [-0.3, -0.25) is 15.1 Å². The van der Waals surface area contributed by atoms with Crippen molar-refractivity contribution in [1.82, 2.24) is 15.0 Å². The van der Waals surface area contributed by atoms with E-state index in [1.54, 1.807) is 13.0 Å². The fraction of sp³-hybridized carbons (Fsp3) is 0.0909. The Morgan fingerprint density at radius 3 is 2.85 bits per heavy atom. The third-order valence-electron chi connectivity index (χ3n) is 2.42. The Morgan fingerprint density at radius 2 is 2.20 bits per heavy atom. The van der Waals surface area contributed by atoms with Crippen LogP contribution in [0.2, 0.25) is 0 Å². The average molecular weight is 272 g/mol. The standard InChI is InChI=1S/C11H8N6O3/c1-6-3-13-4-8(17(19)20)10(6)16-11-14-5-9(18)7(2-12)15-11/h3-5,18H,1H3,(H,13,14,15,16). The summed E-state index contributed by atoms with van der Waals surface area (Å²) < 4.78 is 0. The van der Waals surface area contributed by atoms with Crippen LogP contribution < -0.4 is 5.32 Å². The largest absolute Gasteiger partial charge is 0.504 e. The van der Waals surface area contributed by atoms with Crippen molar-refractivity contribution in [2.45, 2.75) is 6.92 Å². The first-order valence-corrected chi connectivity index (χ1v) is 5.35. The van der Waals surface area contributed by atoms with Gasteiger partial charge in [0.15, 0.2) is 11.4 Å². The summed E-state index contributed by atoms with van der Waals surface area (Å²) in [6, 6.07) is 1.69. The number of nitrogens with zero attached hydrogens (tertiary/aromatic N) is 5. The minimum atomic E-state index is -0.589. The summed E-state index contributed by atoms with van der Waals surface area (Å²) in [5, 5.41) is 31.7. The molecule has 9 nitrogen and oxygen atoms in total. The van der Waals surface area contributed by atoms with Gasteiger partial charge in [-0.1, -0.05) is 0 Å². The molecule has 9 heteroatoms. The predicted molar refractivity (Wildman–Crippen MR) is 67.3 cm³/mol. The monoisotopic (exact) mass is 272 g/mol. The number of hydrogen-bond donors (Lipinski definition) is 2. The SMILES string of the molecule is Cc1cncc([N+](=O)[O-])c1Nc1ncc(O)c(C#N)n1. The van der Waals surface area contributed by atoms with Gasteiger partial charge in [-0.15, -0.1) is 0 Å². The van der Waals surface area contributed by atoms with Crippen molar-refractivity contribution >= 4 is 17.3 Å². The number of nitro groups is 1. The van der Waals surface area contributed by atoms with Gasteiger partial charge in [0.1, 0.15) is 18.0 Å². The van der Waals surface area contributed by atoms with E-state index in [1.165, 1.54) is 6.20 Å². The van der Waals surface area contributed by atoms with Crippen molar-refractivity contribution in [2.24, 2.45) is 0 Å². The summed E-state index contributed by atoms with van der Waals surface area (Å²) >= 11 is 0. The van der Waals surface area contributed by atoms with Gasteiger partial charge < -0.3 is 10.4 Å². The predicted octanol–water partition coefficient (Wildman–Crippen LogP) is 1.41. The summed E-state index contributed by atoms with van der Waals surface area (Å²) in [7, 11) is 0. The van der Waals surface area contributed by atoms with E-state index in [0.29, 0.717) is 5.56 Å². The van der Waals surface area contributed by atoms with E-state index >= 15 is 0 Å². The number of rotatable bonds is 3. The molecule has 0 radical (unpaired) electrons. The molecule has 0 saturated heterocycles. The van der Waals surface area contributed by atoms with Crippen LogP contribution in [0, 0.1) is 28.4 Å². The van der Waals surface area contributed by atoms with Crippen molar-refractivity contribution in [3.63, 3.8) is 0 Å². The second kappa shape index (κ2) is 5.15. The molecule has 2 rings (SSSR count). The van der Waals surface area contributed by atoms with Crippen molar-refractivity contribution in [2.75, 3.05) is 5.32 Å². The molecule has 0 aliphatic heterocycles. The Labute approximate surface area is 112 Å². The molecule has 2 aromatic rings. The van der Waals surface area contributed by atoms with Crippen LogP contribution in [0.4, 0.5) is 17.3 Å². The zero-order chi connectivity index (χ0) is 14.7. The van der Waals surface area contributed by atoms with E-state index < -0.39 is 4.92 Å². The van der Waals surface area contributed by atoms with Crippen LogP contribution >= 0.6 is 0 Å². The van der Waals surface area contributed by atoms with E-state index in [4.69, 9.17) is 5.26 Å². The molecule has 0 aliphatic rings. The Kier molecular flexibility index (Phi) is 3.39. The minimum Gasteiger partial charge on any atom is -0.504 e. The average Bonchev–Trinajstić information content (AvgIpc) is 2.42. The second-order valence-electron chi connectivity index (χ2n) is 3.77. The number of aromatic hydroxyl groups is 1. The number of anilines is 2. The Morgan fingerprint density at radius 1 is 1.45 bits per heavy atom. The molecule has 2 N–H and O–H groups in total. The van der Waals surface area contributed by atoms with Crippen LogP contribution in [0.5, 0.6) is 5.75 Å². The minimum absolute atomic E-state index is 0.0308. The van der Waals surface area contributed by atoms with Crippen LogP contribution in [0.3, 0.4) is 0 Å². The zero-order valence-corrected chi connectivity index (χ0v) is 10.2. The number of aromatic nitrogens is 3. The number of nitriles is 1. The van der Waals surface area contributed by atoms with Gasteiger partial charge in [-0.05, 0) is 12.5 Å². The van der Waals surface area contributed by atoms with E-state index in [2.05, 4.69) is 20.3 Å². The fourth-order valence-corrected chi connectivity index (χ4v) is 1.48. The quantitative estimate of drug-likeness (QED) is 0.631. The number of pyridine rings is 1. The lowest BCUT2D eigenvalue weighted by molar-refractivity contribution is -0.384. The van der Waals surface area contributed by atoms with Crippen LogP contribution in [-0.4, -0.2) is 25.0 Å². The molecule has 0 aromatic carbocycles. The molecular weight excluding hydrogens is 264 g/mol. The van der Waals surface area contributed by atoms with Gasteiger partial charge in [-0.2, -0.15) is 10.2 Å². The van der Waals surface area contributed by atoms with E-state index in [0.717, 1.165) is 12.4 Å². The van der Waals surface area contributed by atoms with Gasteiger partial charge in [0.05, 0.1) is 11.1 Å². The highest BCUT2D eigenvalue weighted by molar-refractivity contribution is 5.69. The maximum Gasteiger partial charge on any atom is 0.311 e. The molecule has 0 spiro atoms. The molecule has 2 aromatic heterocycles. The Balaban J connectivity index is 2.45. The first-order valence-electron chi connectivity index (χ1n) is 5.35. The molecule has 0 fully saturated rings. The highest BCUT2D eigenvalue weighted by atomic mass is 16.6. The van der Waals surface area contributed by atoms with Crippen molar-refractivity contribution < 1.29 is 10.0 Å². The molecule has 0 unspecified atom stereocenters. The summed E-state index contributed by atoms with van der Waals surface area (Å²) in [5.41, 5.74) is 0.242. The molecular formula is C11H8N6O3.